The van der Waals surface area contributed by atoms with Crippen molar-refractivity contribution in [3.8, 4) is 11.5 Å². The van der Waals surface area contributed by atoms with Gasteiger partial charge in [0.1, 0.15) is 12.6 Å². The Morgan fingerprint density at radius 1 is 1.12 bits per heavy atom. The van der Waals surface area contributed by atoms with Crippen LogP contribution in [-0.2, 0) is 26.2 Å². The standard InChI is InChI=1S/C22H26ClN3O6S/c1-4-33(29,30)26(18-9-10-19-20(11-18)32-14-31-19)13-21(27)25(15(2)22(28)24-3)12-16-5-7-17(23)8-6-16/h5-11,15H,4,12-14H2,1-3H3,(H,24,28)/t15-/m0/s1. The third-order valence-corrected chi connectivity index (χ3v) is 7.30. The Bertz CT molecular complexity index is 1120. The van der Waals surface area contributed by atoms with Crippen molar-refractivity contribution in [3.05, 3.63) is 53.1 Å². The molecule has 33 heavy (non-hydrogen) atoms. The molecule has 0 aromatic heterocycles. The number of anilines is 1. The van der Waals surface area contributed by atoms with Crippen LogP contribution in [0, 0.1) is 0 Å². The molecule has 1 aliphatic heterocycles. The Kier molecular flexibility index (Phi) is 7.70. The number of benzene rings is 2. The summed E-state index contributed by atoms with van der Waals surface area (Å²) < 4.78 is 37.5. The number of nitrogens with one attached hydrogen (secondary N) is 1. The minimum atomic E-state index is -3.82. The Morgan fingerprint density at radius 3 is 2.42 bits per heavy atom. The van der Waals surface area contributed by atoms with Gasteiger partial charge < -0.3 is 19.7 Å². The van der Waals surface area contributed by atoms with Gasteiger partial charge in [0.25, 0.3) is 0 Å². The highest BCUT2D eigenvalue weighted by atomic mass is 35.5. The van der Waals surface area contributed by atoms with Gasteiger partial charge in [-0.1, -0.05) is 23.7 Å². The van der Waals surface area contributed by atoms with Gasteiger partial charge in [-0.15, -0.1) is 0 Å². The van der Waals surface area contributed by atoms with E-state index in [0.29, 0.717) is 16.5 Å². The van der Waals surface area contributed by atoms with Gasteiger partial charge in [0.05, 0.1) is 11.4 Å². The molecule has 11 heteroatoms. The maximum Gasteiger partial charge on any atom is 0.244 e. The molecule has 2 aromatic carbocycles. The summed E-state index contributed by atoms with van der Waals surface area (Å²) in [5.74, 6) is -0.220. The first-order valence-electron chi connectivity index (χ1n) is 10.3. The smallest absolute Gasteiger partial charge is 0.244 e. The number of carbonyl (C=O) groups is 2. The number of fused-ring (bicyclic) bond motifs is 1. The molecule has 1 aliphatic rings. The molecule has 0 bridgehead atoms. The number of likely N-dealkylation sites (N-methyl/N-ethyl adjacent to an activating group) is 1. The molecule has 0 spiro atoms. The normalized spacial score (nSPS) is 13.3. The van der Waals surface area contributed by atoms with Crippen LogP contribution >= 0.6 is 11.6 Å². The lowest BCUT2D eigenvalue weighted by Crippen LogP contribution is -2.50. The highest BCUT2D eigenvalue weighted by Gasteiger charge is 2.31. The first kappa shape index (κ1) is 24.7. The zero-order valence-electron chi connectivity index (χ0n) is 18.6. The highest BCUT2D eigenvalue weighted by Crippen LogP contribution is 2.36. The molecule has 0 unspecified atom stereocenters. The van der Waals surface area contributed by atoms with Gasteiger partial charge in [-0.25, -0.2) is 8.42 Å². The summed E-state index contributed by atoms with van der Waals surface area (Å²) in [6.07, 6.45) is 0. The van der Waals surface area contributed by atoms with E-state index in [1.165, 1.54) is 24.9 Å². The van der Waals surface area contributed by atoms with Gasteiger partial charge in [-0.3, -0.25) is 13.9 Å². The molecule has 9 nitrogen and oxygen atoms in total. The van der Waals surface area contributed by atoms with Gasteiger partial charge >= 0.3 is 0 Å². The Morgan fingerprint density at radius 2 is 1.79 bits per heavy atom. The van der Waals surface area contributed by atoms with Crippen molar-refractivity contribution in [2.24, 2.45) is 0 Å². The van der Waals surface area contributed by atoms with E-state index in [1.54, 1.807) is 43.3 Å². The van der Waals surface area contributed by atoms with Gasteiger partial charge in [0.15, 0.2) is 11.5 Å². The van der Waals surface area contributed by atoms with Crippen molar-refractivity contribution >= 4 is 39.1 Å². The first-order valence-corrected chi connectivity index (χ1v) is 12.3. The van der Waals surface area contributed by atoms with Crippen molar-refractivity contribution in [2.75, 3.05) is 30.4 Å². The van der Waals surface area contributed by atoms with Crippen LogP contribution in [0.2, 0.25) is 5.02 Å². The van der Waals surface area contributed by atoms with E-state index in [-0.39, 0.29) is 30.7 Å². The molecular formula is C22H26ClN3O6S. The van der Waals surface area contributed by atoms with Crippen LogP contribution in [-0.4, -0.2) is 57.3 Å². The number of ether oxygens (including phenoxy) is 2. The topological polar surface area (TPSA) is 105 Å². The van der Waals surface area contributed by atoms with Crippen LogP contribution in [0.1, 0.15) is 19.4 Å². The second-order valence-electron chi connectivity index (χ2n) is 7.38. The van der Waals surface area contributed by atoms with Crippen LogP contribution < -0.4 is 19.1 Å². The fourth-order valence-corrected chi connectivity index (χ4v) is 4.52. The van der Waals surface area contributed by atoms with Crippen LogP contribution in [0.4, 0.5) is 5.69 Å². The van der Waals surface area contributed by atoms with Crippen LogP contribution in [0.15, 0.2) is 42.5 Å². The number of amides is 2. The minimum Gasteiger partial charge on any atom is -0.454 e. The maximum absolute atomic E-state index is 13.4. The largest absolute Gasteiger partial charge is 0.454 e. The van der Waals surface area contributed by atoms with E-state index in [9.17, 15) is 18.0 Å². The Balaban J connectivity index is 1.93. The fraction of sp³-hybridized carbons (Fsp3) is 0.364. The van der Waals surface area contributed by atoms with E-state index < -0.39 is 28.5 Å². The molecule has 0 aliphatic carbocycles. The number of hydrogen-bond donors (Lipinski definition) is 1. The third kappa shape index (κ3) is 5.69. The summed E-state index contributed by atoms with van der Waals surface area (Å²) in [4.78, 5) is 27.1. The van der Waals surface area contributed by atoms with Crippen LogP contribution in [0.25, 0.3) is 0 Å². The quantitative estimate of drug-likeness (QED) is 0.572. The number of sulfonamides is 1. The summed E-state index contributed by atoms with van der Waals surface area (Å²) in [7, 11) is -2.34. The van der Waals surface area contributed by atoms with Crippen molar-refractivity contribution in [1.29, 1.82) is 0 Å². The molecule has 0 saturated heterocycles. The molecule has 178 valence electrons. The number of rotatable bonds is 9. The molecule has 1 heterocycles. The van der Waals surface area contributed by atoms with Crippen molar-refractivity contribution in [2.45, 2.75) is 26.4 Å². The minimum absolute atomic E-state index is 0.0385. The molecule has 1 N–H and O–H groups in total. The average molecular weight is 496 g/mol. The second kappa shape index (κ2) is 10.3. The van der Waals surface area contributed by atoms with E-state index in [2.05, 4.69) is 5.32 Å². The second-order valence-corrected chi connectivity index (χ2v) is 10.0. The van der Waals surface area contributed by atoms with Crippen molar-refractivity contribution in [3.63, 3.8) is 0 Å². The van der Waals surface area contributed by atoms with E-state index in [4.69, 9.17) is 21.1 Å². The molecule has 2 aromatic rings. The maximum atomic E-state index is 13.4. The summed E-state index contributed by atoms with van der Waals surface area (Å²) in [5, 5.41) is 3.07. The van der Waals surface area contributed by atoms with E-state index >= 15 is 0 Å². The fourth-order valence-electron chi connectivity index (χ4n) is 3.34. The number of carbonyl (C=O) groups excluding carboxylic acids is 2. The predicted molar refractivity (Wildman–Crippen MR) is 125 cm³/mol. The molecule has 1 atom stereocenters. The van der Waals surface area contributed by atoms with Crippen molar-refractivity contribution in [1.82, 2.24) is 10.2 Å². The summed E-state index contributed by atoms with van der Waals surface area (Å²) in [5.41, 5.74) is 1.02. The number of halogens is 1. The molecular weight excluding hydrogens is 470 g/mol. The molecule has 2 amide bonds. The highest BCUT2D eigenvalue weighted by molar-refractivity contribution is 7.92. The number of nitrogens with zero attached hydrogens (tertiary/aromatic N) is 2. The summed E-state index contributed by atoms with van der Waals surface area (Å²) in [6, 6.07) is 10.7. The monoisotopic (exact) mass is 495 g/mol. The van der Waals surface area contributed by atoms with Crippen LogP contribution in [0.5, 0.6) is 11.5 Å². The van der Waals surface area contributed by atoms with Gasteiger partial charge in [0.2, 0.25) is 28.6 Å². The number of hydrogen-bond acceptors (Lipinski definition) is 6. The lowest BCUT2D eigenvalue weighted by atomic mass is 10.1. The SMILES string of the molecule is CCS(=O)(=O)N(CC(=O)N(Cc1ccc(Cl)cc1)[C@@H](C)C(=O)NC)c1ccc2c(c1)OCO2. The molecule has 3 rings (SSSR count). The lowest BCUT2D eigenvalue weighted by molar-refractivity contribution is -0.139. The summed E-state index contributed by atoms with van der Waals surface area (Å²) >= 11 is 5.95. The van der Waals surface area contributed by atoms with Crippen molar-refractivity contribution < 1.29 is 27.5 Å². The Hall–Kier alpha value is -2.98. The van der Waals surface area contributed by atoms with Gasteiger partial charge in [0, 0.05) is 24.7 Å². The van der Waals surface area contributed by atoms with E-state index in [0.717, 1.165) is 9.87 Å². The van der Waals surface area contributed by atoms with E-state index in [1.807, 2.05) is 0 Å². The van der Waals surface area contributed by atoms with Crippen LogP contribution in [0.3, 0.4) is 0 Å². The first-order chi connectivity index (χ1) is 15.7. The zero-order chi connectivity index (χ0) is 24.2. The molecule has 0 saturated carbocycles. The average Bonchev–Trinajstić information content (AvgIpc) is 3.28. The third-order valence-electron chi connectivity index (χ3n) is 5.30. The van der Waals surface area contributed by atoms with Gasteiger partial charge in [-0.2, -0.15) is 0 Å². The Labute approximate surface area is 198 Å². The summed E-state index contributed by atoms with van der Waals surface area (Å²) in [6.45, 7) is 2.75. The predicted octanol–water partition coefficient (Wildman–Crippen LogP) is 2.39. The lowest BCUT2D eigenvalue weighted by Gasteiger charge is -2.31. The van der Waals surface area contributed by atoms with Gasteiger partial charge in [-0.05, 0) is 43.7 Å². The molecule has 0 radical (unpaired) electrons. The zero-order valence-corrected chi connectivity index (χ0v) is 20.1. The molecule has 0 fully saturated rings.